The number of carbonyl (C=O) groups is 1. The van der Waals surface area contributed by atoms with Crippen molar-refractivity contribution in [2.75, 3.05) is 18.5 Å². The molecule has 4 rings (SSSR count). The van der Waals surface area contributed by atoms with Gasteiger partial charge in [-0.1, -0.05) is 22.0 Å². The van der Waals surface area contributed by atoms with Crippen LogP contribution in [-0.4, -0.2) is 24.1 Å². The average molecular weight is 441 g/mol. The first kappa shape index (κ1) is 18.3. The molecular formula is C21H17BrN2O4. The Bertz CT molecular complexity index is 992. The van der Waals surface area contributed by atoms with Gasteiger partial charge in [0.05, 0.1) is 18.8 Å². The molecule has 2 heterocycles. The fourth-order valence-corrected chi connectivity index (χ4v) is 3.05. The zero-order valence-corrected chi connectivity index (χ0v) is 16.4. The summed E-state index contributed by atoms with van der Waals surface area (Å²) in [6, 6.07) is 16.1. The number of benzene rings is 2. The molecule has 3 aromatic rings. The van der Waals surface area contributed by atoms with Crippen molar-refractivity contribution in [2.24, 2.45) is 0 Å². The van der Waals surface area contributed by atoms with Crippen LogP contribution in [0.4, 0.5) is 5.69 Å². The molecule has 6 nitrogen and oxygen atoms in total. The molecule has 0 saturated heterocycles. The van der Waals surface area contributed by atoms with Gasteiger partial charge in [0.15, 0.2) is 11.5 Å². The van der Waals surface area contributed by atoms with Crippen LogP contribution in [-0.2, 0) is 0 Å². The molecule has 1 N–H and O–H groups in total. The number of halogens is 1. The molecule has 1 aliphatic heterocycles. The van der Waals surface area contributed by atoms with Crippen LogP contribution in [0.2, 0.25) is 0 Å². The van der Waals surface area contributed by atoms with Crippen molar-refractivity contribution < 1.29 is 19.0 Å². The number of nitrogens with one attached hydrogen (secondary N) is 1. The Kier molecular flexibility index (Phi) is 5.43. The fraction of sp³-hybridized carbons (Fsp3) is 0.143. The number of hydrogen-bond acceptors (Lipinski definition) is 5. The van der Waals surface area contributed by atoms with Crippen molar-refractivity contribution in [2.45, 2.75) is 6.42 Å². The fourth-order valence-electron chi connectivity index (χ4n) is 2.67. The number of carbonyl (C=O) groups excluding carboxylic acids is 1. The minimum atomic E-state index is -0.268. The lowest BCUT2D eigenvalue weighted by Gasteiger charge is -2.10. The van der Waals surface area contributed by atoms with Gasteiger partial charge in [0.2, 0.25) is 5.88 Å². The Morgan fingerprint density at radius 1 is 1.04 bits per heavy atom. The van der Waals surface area contributed by atoms with Crippen LogP contribution in [0.1, 0.15) is 16.8 Å². The van der Waals surface area contributed by atoms with E-state index < -0.39 is 0 Å². The van der Waals surface area contributed by atoms with Crippen LogP contribution in [0.25, 0.3) is 0 Å². The second-order valence-electron chi connectivity index (χ2n) is 6.11. The van der Waals surface area contributed by atoms with Gasteiger partial charge in [0, 0.05) is 34.9 Å². The molecule has 2 aromatic carbocycles. The SMILES string of the molecule is O=C(Nc1ccc2c(c1)OCCCO2)c1ccc(Oc2cccc(Br)c2)nc1. The van der Waals surface area contributed by atoms with Gasteiger partial charge in [-0.25, -0.2) is 4.98 Å². The van der Waals surface area contributed by atoms with Crippen LogP contribution in [0.3, 0.4) is 0 Å². The summed E-state index contributed by atoms with van der Waals surface area (Å²) in [6.07, 6.45) is 2.31. The van der Waals surface area contributed by atoms with E-state index in [-0.39, 0.29) is 5.91 Å². The first-order chi connectivity index (χ1) is 13.7. The number of amides is 1. The monoisotopic (exact) mass is 440 g/mol. The lowest BCUT2D eigenvalue weighted by atomic mass is 10.2. The summed E-state index contributed by atoms with van der Waals surface area (Å²) < 4.78 is 17.8. The van der Waals surface area contributed by atoms with Crippen molar-refractivity contribution in [3.8, 4) is 23.1 Å². The highest BCUT2D eigenvalue weighted by Gasteiger charge is 2.13. The number of nitrogens with zero attached hydrogens (tertiary/aromatic N) is 1. The third-order valence-corrected chi connectivity index (χ3v) is 4.52. The lowest BCUT2D eigenvalue weighted by Crippen LogP contribution is -2.12. The Hall–Kier alpha value is -3.06. The summed E-state index contributed by atoms with van der Waals surface area (Å²) in [5.74, 6) is 2.12. The normalized spacial score (nSPS) is 12.8. The number of anilines is 1. The van der Waals surface area contributed by atoms with E-state index in [9.17, 15) is 4.79 Å². The summed E-state index contributed by atoms with van der Waals surface area (Å²) in [5.41, 5.74) is 1.05. The first-order valence-electron chi connectivity index (χ1n) is 8.78. The van der Waals surface area contributed by atoms with Crippen LogP contribution in [0.5, 0.6) is 23.1 Å². The van der Waals surface area contributed by atoms with E-state index in [0.29, 0.717) is 47.6 Å². The number of pyridine rings is 1. The third kappa shape index (κ3) is 4.43. The third-order valence-electron chi connectivity index (χ3n) is 4.02. The largest absolute Gasteiger partial charge is 0.490 e. The quantitative estimate of drug-likeness (QED) is 0.614. The predicted molar refractivity (Wildman–Crippen MR) is 108 cm³/mol. The number of aromatic nitrogens is 1. The van der Waals surface area contributed by atoms with E-state index in [0.717, 1.165) is 10.9 Å². The Morgan fingerprint density at radius 3 is 2.68 bits per heavy atom. The smallest absolute Gasteiger partial charge is 0.257 e. The standard InChI is InChI=1S/C21H17BrN2O4/c22-15-3-1-4-17(11-15)28-20-8-5-14(13-23-20)21(25)24-16-6-7-18-19(12-16)27-10-2-9-26-18/h1,3-8,11-13H,2,9-10H2,(H,24,25). The van der Waals surface area contributed by atoms with Gasteiger partial charge in [-0.2, -0.15) is 0 Å². The lowest BCUT2D eigenvalue weighted by molar-refractivity contribution is 0.102. The van der Waals surface area contributed by atoms with Gasteiger partial charge in [0.25, 0.3) is 5.91 Å². The maximum atomic E-state index is 12.5. The van der Waals surface area contributed by atoms with E-state index in [2.05, 4.69) is 26.2 Å². The highest BCUT2D eigenvalue weighted by Crippen LogP contribution is 2.32. The van der Waals surface area contributed by atoms with E-state index in [1.807, 2.05) is 24.3 Å². The van der Waals surface area contributed by atoms with Crippen molar-refractivity contribution in [1.29, 1.82) is 0 Å². The topological polar surface area (TPSA) is 69.7 Å². The highest BCUT2D eigenvalue weighted by atomic mass is 79.9. The van der Waals surface area contributed by atoms with Gasteiger partial charge in [-0.05, 0) is 36.4 Å². The molecule has 28 heavy (non-hydrogen) atoms. The van der Waals surface area contributed by atoms with Crippen LogP contribution in [0, 0.1) is 0 Å². The molecule has 0 spiro atoms. The number of hydrogen-bond donors (Lipinski definition) is 1. The summed E-state index contributed by atoms with van der Waals surface area (Å²) in [6.45, 7) is 1.21. The molecule has 1 aromatic heterocycles. The molecule has 1 aliphatic rings. The molecule has 0 bridgehead atoms. The second kappa shape index (κ2) is 8.31. The summed E-state index contributed by atoms with van der Waals surface area (Å²) in [5, 5.41) is 2.84. The van der Waals surface area contributed by atoms with Gasteiger partial charge >= 0.3 is 0 Å². The van der Waals surface area contributed by atoms with Gasteiger partial charge in [0.1, 0.15) is 5.75 Å². The maximum absolute atomic E-state index is 12.5. The van der Waals surface area contributed by atoms with Crippen LogP contribution < -0.4 is 19.5 Å². The van der Waals surface area contributed by atoms with Crippen LogP contribution in [0.15, 0.2) is 65.3 Å². The molecule has 0 fully saturated rings. The molecule has 0 atom stereocenters. The molecule has 7 heteroatoms. The van der Waals surface area contributed by atoms with Crippen LogP contribution >= 0.6 is 15.9 Å². The molecular weight excluding hydrogens is 424 g/mol. The van der Waals surface area contributed by atoms with Gasteiger partial charge in [-0.3, -0.25) is 4.79 Å². The average Bonchev–Trinajstić information content (AvgIpc) is 2.93. The zero-order valence-electron chi connectivity index (χ0n) is 14.9. The Morgan fingerprint density at radius 2 is 1.89 bits per heavy atom. The molecule has 0 radical (unpaired) electrons. The minimum absolute atomic E-state index is 0.268. The number of fused-ring (bicyclic) bond motifs is 1. The van der Waals surface area contributed by atoms with E-state index in [1.54, 1.807) is 30.3 Å². The van der Waals surface area contributed by atoms with E-state index in [1.165, 1.54) is 6.20 Å². The molecule has 0 saturated carbocycles. The van der Waals surface area contributed by atoms with Crippen molar-refractivity contribution >= 4 is 27.5 Å². The zero-order chi connectivity index (χ0) is 19.3. The highest BCUT2D eigenvalue weighted by molar-refractivity contribution is 9.10. The van der Waals surface area contributed by atoms with Crippen molar-refractivity contribution in [1.82, 2.24) is 4.98 Å². The number of rotatable bonds is 4. The summed E-state index contributed by atoms with van der Waals surface area (Å²) in [4.78, 5) is 16.7. The van der Waals surface area contributed by atoms with Crippen molar-refractivity contribution in [3.05, 3.63) is 70.8 Å². The molecule has 0 aliphatic carbocycles. The van der Waals surface area contributed by atoms with Gasteiger partial charge < -0.3 is 19.5 Å². The van der Waals surface area contributed by atoms with E-state index in [4.69, 9.17) is 14.2 Å². The first-order valence-corrected chi connectivity index (χ1v) is 9.57. The molecule has 142 valence electrons. The Labute approximate surface area is 170 Å². The minimum Gasteiger partial charge on any atom is -0.490 e. The molecule has 0 unspecified atom stereocenters. The maximum Gasteiger partial charge on any atom is 0.257 e. The molecule has 1 amide bonds. The second-order valence-corrected chi connectivity index (χ2v) is 7.03. The summed E-state index contributed by atoms with van der Waals surface area (Å²) in [7, 11) is 0. The van der Waals surface area contributed by atoms with Gasteiger partial charge in [-0.15, -0.1) is 0 Å². The number of ether oxygens (including phenoxy) is 3. The predicted octanol–water partition coefficient (Wildman–Crippen LogP) is 5.05. The van der Waals surface area contributed by atoms with E-state index >= 15 is 0 Å². The summed E-state index contributed by atoms with van der Waals surface area (Å²) >= 11 is 3.39. The Balaban J connectivity index is 1.43. The van der Waals surface area contributed by atoms with Crippen molar-refractivity contribution in [3.63, 3.8) is 0 Å².